The number of nitro groups is 1. The molecule has 0 spiro atoms. The van der Waals surface area contributed by atoms with Gasteiger partial charge in [0.25, 0.3) is 5.69 Å². The fourth-order valence-corrected chi connectivity index (χ4v) is 2.47. The van der Waals surface area contributed by atoms with Gasteiger partial charge in [0, 0.05) is 12.1 Å². The van der Waals surface area contributed by atoms with Crippen LogP contribution in [-0.4, -0.2) is 21.6 Å². The molecule has 1 heterocycles. The van der Waals surface area contributed by atoms with Crippen molar-refractivity contribution in [2.75, 3.05) is 5.75 Å². The Balaban J connectivity index is 2.40. The van der Waals surface area contributed by atoms with Crippen LogP contribution in [0.4, 0.5) is 5.69 Å². The number of carbonyl (C=O) groups excluding carboxylic acids is 2. The zero-order chi connectivity index (χ0) is 11.7. The van der Waals surface area contributed by atoms with E-state index in [0.29, 0.717) is 5.56 Å². The number of non-ortho nitro benzene ring substituents is 1. The standard InChI is InChI=1S/C10H7NO4S/c12-8-5-16-10(13)9(8)6-2-1-3-7(4-6)11(14)15/h1-4,9H,5H2. The SMILES string of the molecule is O=C1CSC(=O)C1c1cccc([N+](=O)[O-])c1. The van der Waals surface area contributed by atoms with Crippen LogP contribution in [0.3, 0.4) is 0 Å². The lowest BCUT2D eigenvalue weighted by molar-refractivity contribution is -0.384. The van der Waals surface area contributed by atoms with Gasteiger partial charge in [-0.2, -0.15) is 0 Å². The minimum atomic E-state index is -0.829. The molecule has 6 heteroatoms. The van der Waals surface area contributed by atoms with E-state index in [9.17, 15) is 19.7 Å². The van der Waals surface area contributed by atoms with Gasteiger partial charge >= 0.3 is 0 Å². The molecular weight excluding hydrogens is 230 g/mol. The average Bonchev–Trinajstić information content (AvgIpc) is 2.59. The van der Waals surface area contributed by atoms with E-state index in [-0.39, 0.29) is 22.3 Å². The van der Waals surface area contributed by atoms with Crippen molar-refractivity contribution in [3.05, 3.63) is 39.9 Å². The predicted molar refractivity (Wildman–Crippen MR) is 58.3 cm³/mol. The van der Waals surface area contributed by atoms with Crippen molar-refractivity contribution in [3.8, 4) is 0 Å². The van der Waals surface area contributed by atoms with Crippen LogP contribution >= 0.6 is 11.8 Å². The summed E-state index contributed by atoms with van der Waals surface area (Å²) in [7, 11) is 0. The number of hydrogen-bond donors (Lipinski definition) is 0. The second-order valence-electron chi connectivity index (χ2n) is 3.36. The Morgan fingerprint density at radius 2 is 2.12 bits per heavy atom. The number of benzene rings is 1. The lowest BCUT2D eigenvalue weighted by Gasteiger charge is -2.05. The molecule has 82 valence electrons. The number of carbonyl (C=O) groups is 2. The Morgan fingerprint density at radius 3 is 2.69 bits per heavy atom. The van der Waals surface area contributed by atoms with E-state index < -0.39 is 10.8 Å². The summed E-state index contributed by atoms with van der Waals surface area (Å²) >= 11 is 0.964. The third kappa shape index (κ3) is 1.83. The predicted octanol–water partition coefficient (Wildman–Crippen LogP) is 1.52. The van der Waals surface area contributed by atoms with Crippen molar-refractivity contribution in [1.82, 2.24) is 0 Å². The highest BCUT2D eigenvalue weighted by Crippen LogP contribution is 2.32. The Kier molecular flexibility index (Phi) is 2.74. The summed E-state index contributed by atoms with van der Waals surface area (Å²) in [5.74, 6) is -0.855. The molecule has 0 aliphatic carbocycles. The molecular formula is C10H7NO4S. The van der Waals surface area contributed by atoms with Crippen LogP contribution in [0.15, 0.2) is 24.3 Å². The quantitative estimate of drug-likeness (QED) is 0.442. The molecule has 2 rings (SSSR count). The molecule has 0 N–H and O–H groups in total. The van der Waals surface area contributed by atoms with Crippen molar-refractivity contribution in [2.24, 2.45) is 0 Å². The van der Waals surface area contributed by atoms with Crippen molar-refractivity contribution >= 4 is 28.3 Å². The van der Waals surface area contributed by atoms with E-state index in [1.54, 1.807) is 6.07 Å². The van der Waals surface area contributed by atoms with Crippen LogP contribution in [0, 0.1) is 10.1 Å². The van der Waals surface area contributed by atoms with Gasteiger partial charge in [-0.05, 0) is 5.56 Å². The van der Waals surface area contributed by atoms with Gasteiger partial charge in [0.2, 0.25) is 5.12 Å². The number of nitro benzene ring substituents is 1. The fraction of sp³-hybridized carbons (Fsp3) is 0.200. The zero-order valence-electron chi connectivity index (χ0n) is 8.08. The first kappa shape index (κ1) is 10.8. The van der Waals surface area contributed by atoms with Crippen molar-refractivity contribution in [1.29, 1.82) is 0 Å². The molecule has 0 radical (unpaired) electrons. The first-order valence-electron chi connectivity index (χ1n) is 4.53. The van der Waals surface area contributed by atoms with E-state index >= 15 is 0 Å². The lowest BCUT2D eigenvalue weighted by Crippen LogP contribution is -2.12. The molecule has 0 amide bonds. The first-order chi connectivity index (χ1) is 7.59. The molecule has 0 saturated carbocycles. The number of ketones is 1. The van der Waals surface area contributed by atoms with Crippen LogP contribution in [0.1, 0.15) is 11.5 Å². The molecule has 1 fully saturated rings. The summed E-state index contributed by atoms with van der Waals surface area (Å²) in [5, 5.41) is 10.3. The molecule has 0 aromatic heterocycles. The average molecular weight is 237 g/mol. The number of hydrogen-bond acceptors (Lipinski definition) is 5. The molecule has 1 aromatic carbocycles. The molecule has 1 aliphatic rings. The second kappa shape index (κ2) is 4.05. The smallest absolute Gasteiger partial charge is 0.269 e. The highest BCUT2D eigenvalue weighted by atomic mass is 32.2. The first-order valence-corrected chi connectivity index (χ1v) is 5.52. The summed E-state index contributed by atoms with van der Waals surface area (Å²) in [6, 6.07) is 5.67. The molecule has 1 saturated heterocycles. The minimum absolute atomic E-state index is 0.102. The van der Waals surface area contributed by atoms with Gasteiger partial charge in [0.05, 0.1) is 10.7 Å². The third-order valence-electron chi connectivity index (χ3n) is 2.33. The molecule has 5 nitrogen and oxygen atoms in total. The zero-order valence-corrected chi connectivity index (χ0v) is 8.90. The Bertz CT molecular complexity index is 469. The van der Waals surface area contributed by atoms with Gasteiger partial charge in [0.1, 0.15) is 5.92 Å². The molecule has 1 atom stereocenters. The molecule has 1 aromatic rings. The third-order valence-corrected chi connectivity index (χ3v) is 3.28. The van der Waals surface area contributed by atoms with E-state index in [0.717, 1.165) is 11.8 Å². The number of nitrogens with zero attached hydrogens (tertiary/aromatic N) is 1. The number of thioether (sulfide) groups is 1. The van der Waals surface area contributed by atoms with Crippen molar-refractivity contribution in [2.45, 2.75) is 5.92 Å². The van der Waals surface area contributed by atoms with Crippen LogP contribution in [-0.2, 0) is 9.59 Å². The van der Waals surface area contributed by atoms with E-state index in [2.05, 4.69) is 0 Å². The van der Waals surface area contributed by atoms with E-state index in [1.807, 2.05) is 0 Å². The van der Waals surface area contributed by atoms with Gasteiger partial charge in [0.15, 0.2) is 5.78 Å². The Morgan fingerprint density at radius 1 is 1.38 bits per heavy atom. The van der Waals surface area contributed by atoms with Gasteiger partial charge in [-0.25, -0.2) is 0 Å². The minimum Gasteiger partial charge on any atom is -0.298 e. The highest BCUT2D eigenvalue weighted by molar-refractivity contribution is 8.15. The Hall–Kier alpha value is -1.69. The fourth-order valence-electron chi connectivity index (χ4n) is 1.58. The summed E-state index contributed by atoms with van der Waals surface area (Å²) in [4.78, 5) is 32.9. The summed E-state index contributed by atoms with van der Waals surface area (Å²) in [6.45, 7) is 0. The highest BCUT2D eigenvalue weighted by Gasteiger charge is 2.35. The molecule has 1 unspecified atom stereocenters. The second-order valence-corrected chi connectivity index (χ2v) is 4.34. The van der Waals surface area contributed by atoms with E-state index in [1.165, 1.54) is 18.2 Å². The maximum Gasteiger partial charge on any atom is 0.269 e. The summed E-state index contributed by atoms with van der Waals surface area (Å²) in [5.41, 5.74) is 0.309. The topological polar surface area (TPSA) is 77.3 Å². The van der Waals surface area contributed by atoms with Gasteiger partial charge in [-0.15, -0.1) is 0 Å². The summed E-state index contributed by atoms with van der Waals surface area (Å²) < 4.78 is 0. The maximum absolute atomic E-state index is 11.5. The summed E-state index contributed by atoms with van der Waals surface area (Å²) in [6.07, 6.45) is 0. The molecule has 16 heavy (non-hydrogen) atoms. The van der Waals surface area contributed by atoms with Crippen molar-refractivity contribution < 1.29 is 14.5 Å². The van der Waals surface area contributed by atoms with Crippen LogP contribution in [0.2, 0.25) is 0 Å². The normalized spacial score (nSPS) is 20.1. The van der Waals surface area contributed by atoms with Gasteiger partial charge in [-0.1, -0.05) is 23.9 Å². The van der Waals surface area contributed by atoms with E-state index in [4.69, 9.17) is 0 Å². The molecule has 1 aliphatic heterocycles. The number of rotatable bonds is 2. The van der Waals surface area contributed by atoms with Crippen molar-refractivity contribution in [3.63, 3.8) is 0 Å². The van der Waals surface area contributed by atoms with Crippen LogP contribution in [0.5, 0.6) is 0 Å². The van der Waals surface area contributed by atoms with Crippen LogP contribution < -0.4 is 0 Å². The number of Topliss-reactive ketones (excluding diaryl/α,β-unsaturated/α-hetero) is 1. The monoisotopic (exact) mass is 237 g/mol. The largest absolute Gasteiger partial charge is 0.298 e. The molecule has 0 bridgehead atoms. The van der Waals surface area contributed by atoms with Crippen LogP contribution in [0.25, 0.3) is 0 Å². The van der Waals surface area contributed by atoms with Gasteiger partial charge in [-0.3, -0.25) is 19.7 Å². The Labute approximate surface area is 95.0 Å². The lowest BCUT2D eigenvalue weighted by atomic mass is 9.97. The maximum atomic E-state index is 11.5. The van der Waals surface area contributed by atoms with Gasteiger partial charge < -0.3 is 0 Å².